The second kappa shape index (κ2) is 12.2. The molecule has 2 aromatic heterocycles. The van der Waals surface area contributed by atoms with Crippen LogP contribution in [0.2, 0.25) is 0 Å². The number of rotatable bonds is 6. The first-order valence-electron chi connectivity index (χ1n) is 15.3. The fraction of sp³-hybridized carbons (Fsp3) is 0.500. The SMILES string of the molecule is C=CC(=O)N1CCN(c2nc3c(-c4ccc(N5CCC(N6CCN(C)CC6)CC5)cc4)cnc(N)c3nc2CC)CC1. The van der Waals surface area contributed by atoms with Crippen LogP contribution in [0.3, 0.4) is 0 Å². The zero-order valence-corrected chi connectivity index (χ0v) is 25.0. The number of hydrogen-bond acceptors (Lipinski definition) is 9. The number of fused-ring (bicyclic) bond motifs is 1. The highest BCUT2D eigenvalue weighted by Crippen LogP contribution is 2.33. The smallest absolute Gasteiger partial charge is 0.246 e. The number of nitrogen functional groups attached to an aromatic ring is 1. The van der Waals surface area contributed by atoms with Gasteiger partial charge in [-0.3, -0.25) is 9.69 Å². The minimum atomic E-state index is -0.0288. The lowest BCUT2D eigenvalue weighted by Crippen LogP contribution is -2.52. The Morgan fingerprint density at radius 2 is 1.62 bits per heavy atom. The highest BCUT2D eigenvalue weighted by Gasteiger charge is 2.27. The number of nitrogens with two attached hydrogens (primary N) is 1. The molecule has 3 aliphatic rings. The van der Waals surface area contributed by atoms with Gasteiger partial charge in [-0.1, -0.05) is 25.6 Å². The van der Waals surface area contributed by atoms with Gasteiger partial charge in [0.1, 0.15) is 11.0 Å². The molecule has 0 bridgehead atoms. The van der Waals surface area contributed by atoms with Gasteiger partial charge in [-0.25, -0.2) is 15.0 Å². The number of aryl methyl sites for hydroxylation is 1. The predicted molar refractivity (Wildman–Crippen MR) is 170 cm³/mol. The van der Waals surface area contributed by atoms with E-state index in [-0.39, 0.29) is 5.91 Å². The van der Waals surface area contributed by atoms with E-state index in [1.165, 1.54) is 50.8 Å². The topological polar surface area (TPSA) is 98.0 Å². The fourth-order valence-corrected chi connectivity index (χ4v) is 6.58. The summed E-state index contributed by atoms with van der Waals surface area (Å²) in [6.45, 7) is 15.3. The highest BCUT2D eigenvalue weighted by molar-refractivity contribution is 5.97. The van der Waals surface area contributed by atoms with Crippen LogP contribution in [0, 0.1) is 0 Å². The van der Waals surface area contributed by atoms with Crippen LogP contribution in [-0.2, 0) is 11.2 Å². The molecule has 5 heterocycles. The van der Waals surface area contributed by atoms with Gasteiger partial charge in [0.2, 0.25) is 5.91 Å². The third-order valence-corrected chi connectivity index (χ3v) is 9.24. The minimum absolute atomic E-state index is 0.0288. The van der Waals surface area contributed by atoms with Gasteiger partial charge in [0, 0.05) is 88.9 Å². The standard InChI is InChI=1S/C32H43N9O/c1-4-27-32(41-20-18-40(19-21-41)28(42)5-2)36-29-26(22-34-31(33)30(29)35-27)23-6-8-24(9-7-23)38-12-10-25(11-13-38)39-16-14-37(3)15-17-39/h5-9,22,25H,2,4,10-21H2,1,3H3,(H2,33,34). The van der Waals surface area contributed by atoms with Crippen LogP contribution in [-0.4, -0.2) is 114 Å². The summed E-state index contributed by atoms with van der Waals surface area (Å²) in [5.74, 6) is 1.23. The summed E-state index contributed by atoms with van der Waals surface area (Å²) in [6.07, 6.45) is 6.36. The van der Waals surface area contributed by atoms with Crippen molar-refractivity contribution in [1.82, 2.24) is 29.7 Å². The van der Waals surface area contributed by atoms with Gasteiger partial charge in [-0.2, -0.15) is 0 Å². The summed E-state index contributed by atoms with van der Waals surface area (Å²) in [6, 6.07) is 9.48. The summed E-state index contributed by atoms with van der Waals surface area (Å²) >= 11 is 0. The van der Waals surface area contributed by atoms with Gasteiger partial charge in [0.05, 0.1) is 5.69 Å². The van der Waals surface area contributed by atoms with Crippen molar-refractivity contribution in [1.29, 1.82) is 0 Å². The third kappa shape index (κ3) is 5.65. The van der Waals surface area contributed by atoms with Crippen molar-refractivity contribution >= 4 is 34.3 Å². The number of anilines is 3. The van der Waals surface area contributed by atoms with Crippen molar-refractivity contribution < 1.29 is 4.79 Å². The predicted octanol–water partition coefficient (Wildman–Crippen LogP) is 2.89. The van der Waals surface area contributed by atoms with E-state index in [9.17, 15) is 4.79 Å². The van der Waals surface area contributed by atoms with E-state index in [4.69, 9.17) is 15.7 Å². The van der Waals surface area contributed by atoms with Gasteiger partial charge in [-0.05, 0) is 50.1 Å². The number of nitrogens with zero attached hydrogens (tertiary/aromatic N) is 8. The van der Waals surface area contributed by atoms with Gasteiger partial charge >= 0.3 is 0 Å². The Balaban J connectivity index is 1.21. The van der Waals surface area contributed by atoms with E-state index in [1.54, 1.807) is 0 Å². The van der Waals surface area contributed by atoms with Crippen molar-refractivity contribution in [2.24, 2.45) is 0 Å². The molecule has 0 unspecified atom stereocenters. The Morgan fingerprint density at radius 3 is 2.26 bits per heavy atom. The summed E-state index contributed by atoms with van der Waals surface area (Å²) in [5.41, 5.74) is 11.9. The average Bonchev–Trinajstić information content (AvgIpc) is 3.05. The Bertz CT molecular complexity index is 1420. The average molecular weight is 570 g/mol. The minimum Gasteiger partial charge on any atom is -0.382 e. The molecule has 1 aromatic carbocycles. The second-order valence-electron chi connectivity index (χ2n) is 11.7. The molecule has 3 fully saturated rings. The lowest BCUT2D eigenvalue weighted by atomic mass is 10.0. The van der Waals surface area contributed by atoms with Crippen LogP contribution in [0.15, 0.2) is 43.1 Å². The molecule has 2 N–H and O–H groups in total. The van der Waals surface area contributed by atoms with Crippen molar-refractivity contribution in [3.63, 3.8) is 0 Å². The van der Waals surface area contributed by atoms with E-state index in [0.717, 1.165) is 47.7 Å². The Hall–Kier alpha value is -3.76. The first-order chi connectivity index (χ1) is 20.4. The molecule has 42 heavy (non-hydrogen) atoms. The lowest BCUT2D eigenvalue weighted by molar-refractivity contribution is -0.126. The van der Waals surface area contributed by atoms with Crippen LogP contribution in [0.4, 0.5) is 17.3 Å². The van der Waals surface area contributed by atoms with Gasteiger partial charge in [-0.15, -0.1) is 0 Å². The van der Waals surface area contributed by atoms with Crippen LogP contribution in [0.1, 0.15) is 25.5 Å². The summed E-state index contributed by atoms with van der Waals surface area (Å²) < 4.78 is 0. The number of benzene rings is 1. The van der Waals surface area contributed by atoms with Gasteiger partial charge in [0.25, 0.3) is 0 Å². The van der Waals surface area contributed by atoms with Crippen molar-refractivity contribution in [2.75, 3.05) is 88.0 Å². The third-order valence-electron chi connectivity index (χ3n) is 9.24. The van der Waals surface area contributed by atoms with Crippen molar-refractivity contribution in [3.8, 4) is 11.1 Å². The van der Waals surface area contributed by atoms with E-state index < -0.39 is 0 Å². The largest absolute Gasteiger partial charge is 0.382 e. The normalized spacial score (nSPS) is 19.4. The first-order valence-corrected chi connectivity index (χ1v) is 15.3. The van der Waals surface area contributed by atoms with E-state index in [1.807, 2.05) is 11.1 Å². The Labute approximate surface area is 248 Å². The molecule has 10 nitrogen and oxygen atoms in total. The summed E-state index contributed by atoms with van der Waals surface area (Å²) in [7, 11) is 2.22. The number of amides is 1. The first kappa shape index (κ1) is 28.4. The van der Waals surface area contributed by atoms with E-state index in [0.29, 0.717) is 43.6 Å². The number of likely N-dealkylation sites (N-methyl/N-ethyl adjacent to an activating group) is 1. The molecule has 222 valence electrons. The molecule has 1 amide bonds. The molecule has 0 aliphatic carbocycles. The van der Waals surface area contributed by atoms with Crippen LogP contribution < -0.4 is 15.5 Å². The molecule has 6 rings (SSSR count). The zero-order valence-electron chi connectivity index (χ0n) is 25.0. The molecule has 0 saturated carbocycles. The molecule has 10 heteroatoms. The number of hydrogen-bond donors (Lipinski definition) is 1. The highest BCUT2D eigenvalue weighted by atomic mass is 16.2. The van der Waals surface area contributed by atoms with Crippen LogP contribution in [0.5, 0.6) is 0 Å². The summed E-state index contributed by atoms with van der Waals surface area (Å²) in [4.78, 5) is 38.4. The fourth-order valence-electron chi connectivity index (χ4n) is 6.58. The van der Waals surface area contributed by atoms with Gasteiger partial charge < -0.3 is 25.3 Å². The van der Waals surface area contributed by atoms with Crippen LogP contribution >= 0.6 is 0 Å². The maximum absolute atomic E-state index is 12.1. The molecule has 0 atom stereocenters. The maximum Gasteiger partial charge on any atom is 0.246 e. The molecular weight excluding hydrogens is 526 g/mol. The number of carbonyl (C=O) groups excluding carboxylic acids is 1. The van der Waals surface area contributed by atoms with Crippen molar-refractivity contribution in [3.05, 3.63) is 48.8 Å². The van der Waals surface area contributed by atoms with Crippen molar-refractivity contribution in [2.45, 2.75) is 32.2 Å². The maximum atomic E-state index is 12.1. The van der Waals surface area contributed by atoms with Gasteiger partial charge in [0.15, 0.2) is 11.6 Å². The zero-order chi connectivity index (χ0) is 29.2. The Kier molecular flexibility index (Phi) is 8.26. The molecule has 0 spiro atoms. The van der Waals surface area contributed by atoms with E-state index >= 15 is 0 Å². The number of piperidine rings is 1. The molecule has 0 radical (unpaired) electrons. The number of pyridine rings is 1. The Morgan fingerprint density at radius 1 is 0.929 bits per heavy atom. The monoisotopic (exact) mass is 569 g/mol. The second-order valence-corrected chi connectivity index (χ2v) is 11.7. The molecule has 3 aliphatic heterocycles. The summed E-state index contributed by atoms with van der Waals surface area (Å²) in [5, 5.41) is 0. The molecular formula is C32H43N9O. The number of aromatic nitrogens is 3. The molecule has 3 saturated heterocycles. The quantitative estimate of drug-likeness (QED) is 0.450. The van der Waals surface area contributed by atoms with Crippen LogP contribution in [0.25, 0.3) is 22.2 Å². The van der Waals surface area contributed by atoms with E-state index in [2.05, 4.69) is 69.4 Å². The number of carbonyl (C=O) groups is 1. The molecule has 3 aromatic rings. The lowest BCUT2D eigenvalue weighted by Gasteiger charge is -2.42. The number of piperazine rings is 2.